The Morgan fingerprint density at radius 1 is 1.28 bits per heavy atom. The molecule has 25 heavy (non-hydrogen) atoms. The van der Waals surface area contributed by atoms with Gasteiger partial charge in [-0.05, 0) is 51.4 Å². The number of carbonyl (C=O) groups is 1. The van der Waals surface area contributed by atoms with E-state index >= 15 is 0 Å². The van der Waals surface area contributed by atoms with Gasteiger partial charge in [0.25, 0.3) is 0 Å². The molecule has 2 aliphatic rings. The van der Waals surface area contributed by atoms with Crippen molar-refractivity contribution in [1.82, 2.24) is 0 Å². The number of rotatable bonds is 7. The van der Waals surface area contributed by atoms with Crippen LogP contribution in [0.25, 0.3) is 0 Å². The zero-order valence-corrected chi connectivity index (χ0v) is 16.0. The van der Waals surface area contributed by atoms with E-state index in [1.54, 1.807) is 0 Å². The second kappa shape index (κ2) is 9.72. The van der Waals surface area contributed by atoms with Crippen LogP contribution in [0.2, 0.25) is 0 Å². The van der Waals surface area contributed by atoms with Crippen LogP contribution < -0.4 is 0 Å². The molecule has 1 aliphatic carbocycles. The van der Waals surface area contributed by atoms with Gasteiger partial charge in [0.2, 0.25) is 0 Å². The smallest absolute Gasteiger partial charge is 0.306 e. The van der Waals surface area contributed by atoms with Gasteiger partial charge in [-0.1, -0.05) is 38.3 Å². The minimum atomic E-state index is -0.671. The highest BCUT2D eigenvalue weighted by atomic mass is 16.5. The summed E-state index contributed by atoms with van der Waals surface area (Å²) in [6, 6.07) is 0. The zero-order chi connectivity index (χ0) is 18.3. The van der Waals surface area contributed by atoms with Gasteiger partial charge in [0.1, 0.15) is 6.10 Å². The second-order valence-corrected chi connectivity index (χ2v) is 8.25. The van der Waals surface area contributed by atoms with E-state index in [1.807, 2.05) is 6.92 Å². The fourth-order valence-corrected chi connectivity index (χ4v) is 4.34. The lowest BCUT2D eigenvalue weighted by Crippen LogP contribution is -2.30. The fraction of sp³-hybridized carbons (Fsp3) is 0.857. The Morgan fingerprint density at radius 2 is 2.08 bits per heavy atom. The maximum Gasteiger partial charge on any atom is 0.306 e. The lowest BCUT2D eigenvalue weighted by molar-refractivity contribution is -0.151. The Morgan fingerprint density at radius 3 is 2.84 bits per heavy atom. The average Bonchev–Trinajstić information content (AvgIpc) is 2.84. The minimum absolute atomic E-state index is 0.0968. The molecule has 0 bridgehead atoms. The van der Waals surface area contributed by atoms with E-state index in [0.29, 0.717) is 19.3 Å². The lowest BCUT2D eigenvalue weighted by atomic mass is 9.82. The molecule has 1 heterocycles. The first-order chi connectivity index (χ1) is 11.9. The van der Waals surface area contributed by atoms with E-state index in [0.717, 1.165) is 51.4 Å². The highest BCUT2D eigenvalue weighted by molar-refractivity contribution is 5.69. The van der Waals surface area contributed by atoms with Crippen molar-refractivity contribution in [3.63, 3.8) is 0 Å². The second-order valence-electron chi connectivity index (χ2n) is 8.25. The number of aliphatic hydroxyl groups excluding tert-OH is 1. The van der Waals surface area contributed by atoms with Crippen LogP contribution in [-0.2, 0) is 9.53 Å². The van der Waals surface area contributed by atoms with E-state index in [9.17, 15) is 15.0 Å². The van der Waals surface area contributed by atoms with Gasteiger partial charge in [-0.25, -0.2) is 0 Å². The summed E-state index contributed by atoms with van der Waals surface area (Å²) in [4.78, 5) is 12.0. The van der Waals surface area contributed by atoms with Gasteiger partial charge in [-0.3, -0.25) is 4.79 Å². The number of esters is 1. The van der Waals surface area contributed by atoms with Crippen LogP contribution in [0.15, 0.2) is 12.2 Å². The summed E-state index contributed by atoms with van der Waals surface area (Å²) >= 11 is 0. The maximum atomic E-state index is 12.0. The summed E-state index contributed by atoms with van der Waals surface area (Å²) in [5.74, 6) is 0.129. The van der Waals surface area contributed by atoms with Crippen molar-refractivity contribution in [2.75, 3.05) is 0 Å². The van der Waals surface area contributed by atoms with Gasteiger partial charge < -0.3 is 14.9 Å². The van der Waals surface area contributed by atoms with Gasteiger partial charge >= 0.3 is 5.97 Å². The first-order valence-electron chi connectivity index (χ1n) is 10.2. The Balaban J connectivity index is 1.96. The number of allylic oxidation sites excluding steroid dienone is 2. The molecule has 4 heteroatoms. The summed E-state index contributed by atoms with van der Waals surface area (Å²) in [7, 11) is 0. The molecular formula is C21H36O4. The highest BCUT2D eigenvalue weighted by Gasteiger charge is 2.44. The Kier molecular flexibility index (Phi) is 7.95. The van der Waals surface area contributed by atoms with Gasteiger partial charge in [-0.2, -0.15) is 0 Å². The third-order valence-electron chi connectivity index (χ3n) is 5.94. The molecule has 0 aromatic heterocycles. The van der Waals surface area contributed by atoms with E-state index in [1.165, 1.54) is 0 Å². The standard InChI is InChI=1S/C21H36O4/c1-3-4-9-13-21(2,24)14-12-16-17-10-7-5-6-8-11-20(23)25-19(17)15-18(16)22/h5,7,16-19,22,24H,3-4,6,8-15H2,1-2H3/b7-5-/t16-,17-,18-,19+,21?/m1/s1. The van der Waals surface area contributed by atoms with Crippen molar-refractivity contribution in [2.24, 2.45) is 11.8 Å². The third kappa shape index (κ3) is 6.41. The van der Waals surface area contributed by atoms with Crippen molar-refractivity contribution < 1.29 is 19.7 Å². The van der Waals surface area contributed by atoms with Crippen LogP contribution in [0.1, 0.15) is 84.5 Å². The van der Waals surface area contributed by atoms with Gasteiger partial charge in [-0.15, -0.1) is 0 Å². The average molecular weight is 353 g/mol. The molecule has 1 unspecified atom stereocenters. The van der Waals surface area contributed by atoms with Crippen molar-refractivity contribution in [3.05, 3.63) is 12.2 Å². The van der Waals surface area contributed by atoms with Crippen molar-refractivity contribution in [2.45, 2.75) is 102 Å². The molecule has 0 aromatic carbocycles. The van der Waals surface area contributed by atoms with E-state index in [4.69, 9.17) is 4.74 Å². The van der Waals surface area contributed by atoms with Crippen molar-refractivity contribution >= 4 is 5.97 Å². The van der Waals surface area contributed by atoms with Crippen LogP contribution in [0.5, 0.6) is 0 Å². The van der Waals surface area contributed by atoms with Gasteiger partial charge in [0.05, 0.1) is 11.7 Å². The molecule has 5 atom stereocenters. The molecular weight excluding hydrogens is 316 g/mol. The number of hydrogen-bond donors (Lipinski definition) is 2. The van der Waals surface area contributed by atoms with Gasteiger partial charge in [0, 0.05) is 18.8 Å². The minimum Gasteiger partial charge on any atom is -0.462 e. The normalized spacial score (nSPS) is 34.0. The maximum absolute atomic E-state index is 12.0. The summed E-state index contributed by atoms with van der Waals surface area (Å²) in [5.41, 5.74) is -0.671. The van der Waals surface area contributed by atoms with Crippen LogP contribution in [-0.4, -0.2) is 34.0 Å². The summed E-state index contributed by atoms with van der Waals surface area (Å²) in [6.07, 6.45) is 12.9. The molecule has 0 amide bonds. The first-order valence-corrected chi connectivity index (χ1v) is 10.2. The first kappa shape index (κ1) is 20.4. The van der Waals surface area contributed by atoms with Crippen LogP contribution in [0.4, 0.5) is 0 Å². The van der Waals surface area contributed by atoms with Crippen LogP contribution in [0.3, 0.4) is 0 Å². The molecule has 4 nitrogen and oxygen atoms in total. The molecule has 2 rings (SSSR count). The summed E-state index contributed by atoms with van der Waals surface area (Å²) in [6.45, 7) is 4.08. The van der Waals surface area contributed by atoms with Crippen LogP contribution >= 0.6 is 0 Å². The number of unbranched alkanes of at least 4 members (excludes halogenated alkanes) is 2. The predicted octanol–water partition coefficient (Wildman–Crippen LogP) is 4.14. The molecule has 0 radical (unpaired) electrons. The van der Waals surface area contributed by atoms with E-state index < -0.39 is 11.7 Å². The molecule has 144 valence electrons. The molecule has 1 aliphatic heterocycles. The summed E-state index contributed by atoms with van der Waals surface area (Å²) < 4.78 is 5.67. The van der Waals surface area contributed by atoms with E-state index in [2.05, 4.69) is 19.1 Å². The highest BCUT2D eigenvalue weighted by Crippen LogP contribution is 2.41. The predicted molar refractivity (Wildman–Crippen MR) is 99.1 cm³/mol. The van der Waals surface area contributed by atoms with Crippen molar-refractivity contribution in [1.29, 1.82) is 0 Å². The Hall–Kier alpha value is -0.870. The topological polar surface area (TPSA) is 66.8 Å². The zero-order valence-electron chi connectivity index (χ0n) is 16.0. The molecule has 0 saturated heterocycles. The van der Waals surface area contributed by atoms with Crippen LogP contribution in [0, 0.1) is 11.8 Å². The number of aliphatic hydroxyl groups is 2. The lowest BCUT2D eigenvalue weighted by Gasteiger charge is -2.29. The molecule has 0 aromatic rings. The number of ether oxygens (including phenoxy) is 1. The van der Waals surface area contributed by atoms with E-state index in [-0.39, 0.29) is 23.9 Å². The fourth-order valence-electron chi connectivity index (χ4n) is 4.34. The Labute approximate surface area is 152 Å². The number of carbonyl (C=O) groups excluding carboxylic acids is 1. The molecule has 1 saturated carbocycles. The number of fused-ring (bicyclic) bond motifs is 1. The third-order valence-corrected chi connectivity index (χ3v) is 5.94. The Bertz CT molecular complexity index is 443. The monoisotopic (exact) mass is 352 g/mol. The largest absolute Gasteiger partial charge is 0.462 e. The van der Waals surface area contributed by atoms with Gasteiger partial charge in [0.15, 0.2) is 0 Å². The SMILES string of the molecule is CCCCCC(C)(O)CC[C@@H]1[C@H]2C/C=C\CCCC(=O)O[C@H]2C[C@H]1O. The molecule has 0 spiro atoms. The van der Waals surface area contributed by atoms with Crippen molar-refractivity contribution in [3.8, 4) is 0 Å². The quantitative estimate of drug-likeness (QED) is 0.410. The number of hydrogen-bond acceptors (Lipinski definition) is 4. The molecule has 1 fully saturated rings. The molecule has 2 N–H and O–H groups in total. The summed E-state index contributed by atoms with van der Waals surface area (Å²) in [5, 5.41) is 21.2.